The van der Waals surface area contributed by atoms with Crippen LogP contribution in [0.15, 0.2) is 47.4 Å². The van der Waals surface area contributed by atoms with Gasteiger partial charge in [0.2, 0.25) is 10.0 Å². The van der Waals surface area contributed by atoms with Crippen molar-refractivity contribution in [3.8, 4) is 23.0 Å². The fraction of sp³-hybridized carbons (Fsp3) is 0.478. The number of β-amino-alcohol motifs (C(OH)–C–C–N with tert-alkyl or cyclic N) is 1. The lowest BCUT2D eigenvalue weighted by Crippen LogP contribution is -2.50. The van der Waals surface area contributed by atoms with Crippen molar-refractivity contribution < 1.29 is 32.5 Å². The molecule has 33 heavy (non-hydrogen) atoms. The van der Waals surface area contributed by atoms with E-state index in [2.05, 4.69) is 0 Å². The first-order valence-corrected chi connectivity index (χ1v) is 12.3. The van der Waals surface area contributed by atoms with Gasteiger partial charge >= 0.3 is 0 Å². The second-order valence-corrected chi connectivity index (χ2v) is 9.53. The van der Waals surface area contributed by atoms with Crippen molar-refractivity contribution in [2.45, 2.75) is 17.9 Å². The smallest absolute Gasteiger partial charge is 0.243 e. The summed E-state index contributed by atoms with van der Waals surface area (Å²) < 4.78 is 49.0. The zero-order valence-electron chi connectivity index (χ0n) is 19.3. The largest absolute Gasteiger partial charge is 0.494 e. The van der Waals surface area contributed by atoms with Crippen LogP contribution in [-0.4, -0.2) is 89.0 Å². The van der Waals surface area contributed by atoms with Crippen LogP contribution in [0.1, 0.15) is 6.92 Å². The van der Waals surface area contributed by atoms with Gasteiger partial charge in [0.25, 0.3) is 0 Å². The highest BCUT2D eigenvalue weighted by Gasteiger charge is 2.30. The lowest BCUT2D eigenvalue weighted by atomic mass is 10.3. The van der Waals surface area contributed by atoms with Gasteiger partial charge in [-0.2, -0.15) is 4.31 Å². The van der Waals surface area contributed by atoms with Crippen LogP contribution in [0.2, 0.25) is 0 Å². The first-order chi connectivity index (χ1) is 15.9. The van der Waals surface area contributed by atoms with E-state index in [1.54, 1.807) is 18.2 Å². The maximum Gasteiger partial charge on any atom is 0.243 e. The molecular weight excluding hydrogens is 448 g/mol. The Bertz CT molecular complexity index is 990. The lowest BCUT2D eigenvalue weighted by molar-refractivity contribution is 0.0569. The SMILES string of the molecule is CCOc1ccc(OC[C@@H](O)CN2CCN(S(=O)(=O)c3ccc(OC)c(OC)c3)CC2)cc1. The minimum atomic E-state index is -3.65. The van der Waals surface area contributed by atoms with Crippen LogP contribution < -0.4 is 18.9 Å². The van der Waals surface area contributed by atoms with E-state index in [0.29, 0.717) is 56.6 Å². The van der Waals surface area contributed by atoms with E-state index < -0.39 is 16.1 Å². The van der Waals surface area contributed by atoms with Crippen LogP contribution in [0.25, 0.3) is 0 Å². The first-order valence-electron chi connectivity index (χ1n) is 10.9. The highest BCUT2D eigenvalue weighted by Crippen LogP contribution is 2.31. The number of aliphatic hydroxyl groups is 1. The molecule has 3 rings (SSSR count). The van der Waals surface area contributed by atoms with Crippen LogP contribution in [0, 0.1) is 0 Å². The number of methoxy groups -OCH3 is 2. The molecule has 9 nitrogen and oxygen atoms in total. The third kappa shape index (κ3) is 6.50. The Kier molecular flexibility index (Phi) is 8.79. The van der Waals surface area contributed by atoms with Crippen molar-refractivity contribution in [3.05, 3.63) is 42.5 Å². The second-order valence-electron chi connectivity index (χ2n) is 7.59. The van der Waals surface area contributed by atoms with Gasteiger partial charge in [0.15, 0.2) is 11.5 Å². The molecule has 1 aliphatic rings. The average molecular weight is 481 g/mol. The molecule has 1 N–H and O–H groups in total. The average Bonchev–Trinajstić information content (AvgIpc) is 2.83. The summed E-state index contributed by atoms with van der Waals surface area (Å²) >= 11 is 0. The molecule has 1 saturated heterocycles. The summed E-state index contributed by atoms with van der Waals surface area (Å²) in [5.74, 6) is 2.27. The molecular formula is C23H32N2O7S. The summed E-state index contributed by atoms with van der Waals surface area (Å²) in [6.07, 6.45) is -0.689. The van der Waals surface area contributed by atoms with Gasteiger partial charge in [-0.3, -0.25) is 4.90 Å². The van der Waals surface area contributed by atoms with Crippen molar-refractivity contribution in [2.75, 3.05) is 60.2 Å². The number of rotatable bonds is 11. The Balaban J connectivity index is 1.48. The molecule has 1 atom stereocenters. The predicted molar refractivity (Wildman–Crippen MR) is 124 cm³/mol. The summed E-state index contributed by atoms with van der Waals surface area (Å²) in [7, 11) is -0.679. The highest BCUT2D eigenvalue weighted by atomic mass is 32.2. The number of sulfonamides is 1. The summed E-state index contributed by atoms with van der Waals surface area (Å²) in [4.78, 5) is 2.20. The van der Waals surface area contributed by atoms with E-state index in [9.17, 15) is 13.5 Å². The van der Waals surface area contributed by atoms with Crippen LogP contribution in [-0.2, 0) is 10.0 Å². The zero-order chi connectivity index (χ0) is 23.8. The summed E-state index contributed by atoms with van der Waals surface area (Å²) in [6, 6.07) is 11.8. The molecule has 182 valence electrons. The normalized spacial score (nSPS) is 16.2. The van der Waals surface area contributed by atoms with E-state index in [4.69, 9.17) is 18.9 Å². The topological polar surface area (TPSA) is 97.8 Å². The third-order valence-electron chi connectivity index (χ3n) is 5.37. The Hall–Kier alpha value is -2.53. The molecule has 2 aromatic carbocycles. The highest BCUT2D eigenvalue weighted by molar-refractivity contribution is 7.89. The quantitative estimate of drug-likeness (QED) is 0.521. The number of benzene rings is 2. The van der Waals surface area contributed by atoms with Gasteiger partial charge in [-0.1, -0.05) is 0 Å². The Morgan fingerprint density at radius 3 is 2.09 bits per heavy atom. The standard InChI is InChI=1S/C23H32N2O7S/c1-4-31-19-5-7-20(8-6-19)32-17-18(26)16-24-11-13-25(14-12-24)33(27,28)21-9-10-22(29-2)23(15-21)30-3/h5-10,15,18,26H,4,11-14,16-17H2,1-3H3/t18-/m0/s1. The van der Waals surface area contributed by atoms with Crippen molar-refractivity contribution in [3.63, 3.8) is 0 Å². The fourth-order valence-corrected chi connectivity index (χ4v) is 5.06. The van der Waals surface area contributed by atoms with Gasteiger partial charge in [0.05, 0.1) is 25.7 Å². The molecule has 0 spiro atoms. The molecule has 0 unspecified atom stereocenters. The molecule has 0 radical (unpaired) electrons. The molecule has 0 bridgehead atoms. The van der Waals surface area contributed by atoms with Crippen molar-refractivity contribution in [2.24, 2.45) is 0 Å². The molecule has 10 heteroatoms. The number of ether oxygens (including phenoxy) is 4. The van der Waals surface area contributed by atoms with Gasteiger partial charge < -0.3 is 24.1 Å². The molecule has 0 amide bonds. The molecule has 1 aliphatic heterocycles. The number of piperazine rings is 1. The number of aliphatic hydroxyl groups excluding tert-OH is 1. The van der Waals surface area contributed by atoms with Crippen LogP contribution in [0.4, 0.5) is 0 Å². The van der Waals surface area contributed by atoms with Gasteiger partial charge in [-0.25, -0.2) is 8.42 Å². The Morgan fingerprint density at radius 2 is 1.52 bits per heavy atom. The van der Waals surface area contributed by atoms with Gasteiger partial charge in [-0.05, 0) is 43.3 Å². The van der Waals surface area contributed by atoms with Crippen molar-refractivity contribution >= 4 is 10.0 Å². The van der Waals surface area contributed by atoms with Crippen LogP contribution in [0.3, 0.4) is 0 Å². The third-order valence-corrected chi connectivity index (χ3v) is 7.26. The molecule has 1 fully saturated rings. The maximum absolute atomic E-state index is 13.0. The number of nitrogens with zero attached hydrogens (tertiary/aromatic N) is 2. The summed E-state index contributed by atoms with van der Waals surface area (Å²) in [6.45, 7) is 4.79. The van der Waals surface area contributed by atoms with Crippen molar-refractivity contribution in [1.82, 2.24) is 9.21 Å². The molecule has 1 heterocycles. The molecule has 0 aliphatic carbocycles. The van der Waals surface area contributed by atoms with E-state index in [1.807, 2.05) is 24.0 Å². The fourth-order valence-electron chi connectivity index (χ4n) is 3.62. The maximum atomic E-state index is 13.0. The number of hydrogen-bond acceptors (Lipinski definition) is 8. The van der Waals surface area contributed by atoms with E-state index in [0.717, 1.165) is 5.75 Å². The zero-order valence-corrected chi connectivity index (χ0v) is 20.1. The first kappa shape index (κ1) is 25.1. The second kappa shape index (κ2) is 11.6. The summed E-state index contributed by atoms with van der Waals surface area (Å²) in [5, 5.41) is 10.4. The van der Waals surface area contributed by atoms with E-state index >= 15 is 0 Å². The molecule has 2 aromatic rings. The monoisotopic (exact) mass is 480 g/mol. The Labute approximate surface area is 195 Å². The number of hydrogen-bond donors (Lipinski definition) is 1. The minimum Gasteiger partial charge on any atom is -0.494 e. The minimum absolute atomic E-state index is 0.151. The van der Waals surface area contributed by atoms with E-state index in [-0.39, 0.29) is 11.5 Å². The van der Waals surface area contributed by atoms with Gasteiger partial charge in [-0.15, -0.1) is 0 Å². The van der Waals surface area contributed by atoms with Gasteiger partial charge in [0.1, 0.15) is 24.2 Å². The lowest BCUT2D eigenvalue weighted by Gasteiger charge is -2.34. The van der Waals surface area contributed by atoms with Crippen molar-refractivity contribution in [1.29, 1.82) is 0 Å². The van der Waals surface area contributed by atoms with Crippen LogP contribution in [0.5, 0.6) is 23.0 Å². The summed E-state index contributed by atoms with van der Waals surface area (Å²) in [5.41, 5.74) is 0. The Morgan fingerprint density at radius 1 is 0.909 bits per heavy atom. The van der Waals surface area contributed by atoms with Crippen LogP contribution >= 0.6 is 0 Å². The van der Waals surface area contributed by atoms with E-state index in [1.165, 1.54) is 30.7 Å². The predicted octanol–water partition coefficient (Wildman–Crippen LogP) is 1.85. The molecule has 0 saturated carbocycles. The molecule has 0 aromatic heterocycles. The van der Waals surface area contributed by atoms with Gasteiger partial charge in [0, 0.05) is 38.8 Å².